The van der Waals surface area contributed by atoms with Crippen LogP contribution in [-0.2, 0) is 0 Å². The number of amides is 2. The molecule has 2 aromatic rings. The lowest BCUT2D eigenvalue weighted by molar-refractivity contribution is 0.168. The summed E-state index contributed by atoms with van der Waals surface area (Å²) in [6.07, 6.45) is 6.97. The van der Waals surface area contributed by atoms with Crippen molar-refractivity contribution in [2.75, 3.05) is 45.2 Å². The van der Waals surface area contributed by atoms with Crippen molar-refractivity contribution in [2.24, 2.45) is 0 Å². The second kappa shape index (κ2) is 6.00. The second-order valence-electron chi connectivity index (χ2n) is 5.34. The number of carbonyl (C=O) groups is 1. The molecule has 3 heterocycles. The van der Waals surface area contributed by atoms with E-state index in [9.17, 15) is 4.79 Å². The Morgan fingerprint density at radius 1 is 1.14 bits per heavy atom. The predicted molar refractivity (Wildman–Crippen MR) is 82.0 cm³/mol. The first-order chi connectivity index (χ1) is 10.6. The largest absolute Gasteiger partial charge is 0.352 e. The van der Waals surface area contributed by atoms with Crippen LogP contribution in [0.15, 0.2) is 30.9 Å². The number of rotatable bonds is 2. The van der Waals surface area contributed by atoms with Gasteiger partial charge in [-0.2, -0.15) is 5.10 Å². The van der Waals surface area contributed by atoms with Crippen LogP contribution in [0.3, 0.4) is 0 Å². The van der Waals surface area contributed by atoms with Crippen molar-refractivity contribution in [1.82, 2.24) is 29.5 Å². The van der Waals surface area contributed by atoms with E-state index in [0.717, 1.165) is 18.9 Å². The maximum atomic E-state index is 11.9. The van der Waals surface area contributed by atoms with Gasteiger partial charge in [0.15, 0.2) is 5.82 Å². The highest BCUT2D eigenvalue weighted by Crippen LogP contribution is 2.14. The summed E-state index contributed by atoms with van der Waals surface area (Å²) in [4.78, 5) is 26.4. The molecule has 3 rings (SSSR count). The quantitative estimate of drug-likeness (QED) is 0.806. The van der Waals surface area contributed by atoms with Crippen LogP contribution in [0.1, 0.15) is 0 Å². The zero-order valence-corrected chi connectivity index (χ0v) is 12.8. The number of aromatic nitrogens is 4. The van der Waals surface area contributed by atoms with Crippen molar-refractivity contribution >= 4 is 11.8 Å². The molecule has 0 radical (unpaired) electrons. The Bertz CT molecular complexity index is 632. The standard InChI is InChI=1S/C14H19N7O/c1-18(2)14(22)20-8-6-19(7-9-20)12-10-15-11-13(17-12)21-5-3-4-16-21/h3-5,10-11H,6-9H2,1-2H3. The maximum absolute atomic E-state index is 11.9. The molecular weight excluding hydrogens is 282 g/mol. The average molecular weight is 301 g/mol. The number of urea groups is 1. The lowest BCUT2D eigenvalue weighted by Gasteiger charge is -2.36. The van der Waals surface area contributed by atoms with Gasteiger partial charge < -0.3 is 14.7 Å². The zero-order valence-electron chi connectivity index (χ0n) is 12.8. The molecule has 1 saturated heterocycles. The van der Waals surface area contributed by atoms with Gasteiger partial charge in [-0.05, 0) is 6.07 Å². The van der Waals surface area contributed by atoms with Crippen molar-refractivity contribution < 1.29 is 4.79 Å². The van der Waals surface area contributed by atoms with E-state index in [1.54, 1.807) is 42.3 Å². The van der Waals surface area contributed by atoms with Crippen LogP contribution in [0.4, 0.5) is 10.6 Å². The van der Waals surface area contributed by atoms with Crippen LogP contribution < -0.4 is 4.90 Å². The monoisotopic (exact) mass is 301 g/mol. The van der Waals surface area contributed by atoms with E-state index in [1.165, 1.54) is 0 Å². The van der Waals surface area contributed by atoms with Gasteiger partial charge in [-0.25, -0.2) is 14.5 Å². The summed E-state index contributed by atoms with van der Waals surface area (Å²) < 4.78 is 1.68. The Balaban J connectivity index is 1.69. The number of nitrogens with zero attached hydrogens (tertiary/aromatic N) is 7. The lowest BCUT2D eigenvalue weighted by atomic mass is 10.3. The minimum atomic E-state index is 0.0519. The Labute approximate surface area is 129 Å². The summed E-state index contributed by atoms with van der Waals surface area (Å²) >= 11 is 0. The van der Waals surface area contributed by atoms with Gasteiger partial charge in [-0.3, -0.25) is 4.98 Å². The minimum Gasteiger partial charge on any atom is -0.352 e. The predicted octanol–water partition coefficient (Wildman–Crippen LogP) is 0.466. The van der Waals surface area contributed by atoms with E-state index in [-0.39, 0.29) is 6.03 Å². The summed E-state index contributed by atoms with van der Waals surface area (Å²) in [5, 5.41) is 4.16. The maximum Gasteiger partial charge on any atom is 0.319 e. The molecule has 0 aliphatic carbocycles. The van der Waals surface area contributed by atoms with Crippen molar-refractivity contribution in [3.8, 4) is 5.82 Å². The summed E-state index contributed by atoms with van der Waals surface area (Å²) in [6.45, 7) is 2.86. The molecule has 1 fully saturated rings. The molecule has 8 heteroatoms. The Kier molecular flexibility index (Phi) is 3.90. The molecule has 116 valence electrons. The fourth-order valence-corrected chi connectivity index (χ4v) is 2.42. The van der Waals surface area contributed by atoms with Gasteiger partial charge in [0.05, 0.1) is 12.4 Å². The van der Waals surface area contributed by atoms with Crippen molar-refractivity contribution in [1.29, 1.82) is 0 Å². The van der Waals surface area contributed by atoms with Crippen LogP contribution in [0.2, 0.25) is 0 Å². The van der Waals surface area contributed by atoms with Gasteiger partial charge in [-0.1, -0.05) is 0 Å². The third-order valence-corrected chi connectivity index (χ3v) is 3.61. The van der Waals surface area contributed by atoms with Crippen LogP contribution in [-0.4, -0.2) is 75.9 Å². The summed E-state index contributed by atoms with van der Waals surface area (Å²) in [6, 6.07) is 1.90. The first-order valence-corrected chi connectivity index (χ1v) is 7.18. The van der Waals surface area contributed by atoms with Crippen LogP contribution >= 0.6 is 0 Å². The molecule has 0 spiro atoms. The van der Waals surface area contributed by atoms with E-state index in [0.29, 0.717) is 18.9 Å². The van der Waals surface area contributed by atoms with Gasteiger partial charge >= 0.3 is 6.03 Å². The number of hydrogen-bond donors (Lipinski definition) is 0. The summed E-state index contributed by atoms with van der Waals surface area (Å²) in [5.41, 5.74) is 0. The van der Waals surface area contributed by atoms with Gasteiger partial charge in [0, 0.05) is 52.7 Å². The zero-order chi connectivity index (χ0) is 15.5. The third kappa shape index (κ3) is 2.85. The fraction of sp³-hybridized carbons (Fsp3) is 0.429. The molecule has 8 nitrogen and oxygen atoms in total. The van der Waals surface area contributed by atoms with Crippen LogP contribution in [0.5, 0.6) is 0 Å². The van der Waals surface area contributed by atoms with E-state index < -0.39 is 0 Å². The lowest BCUT2D eigenvalue weighted by Crippen LogP contribution is -2.51. The number of piperazine rings is 1. The first-order valence-electron chi connectivity index (χ1n) is 7.18. The molecule has 2 amide bonds. The van der Waals surface area contributed by atoms with Crippen molar-refractivity contribution in [2.45, 2.75) is 0 Å². The molecule has 1 aliphatic rings. The van der Waals surface area contributed by atoms with Crippen molar-refractivity contribution in [3.05, 3.63) is 30.9 Å². The molecule has 2 aromatic heterocycles. The van der Waals surface area contributed by atoms with Gasteiger partial charge in [0.1, 0.15) is 5.82 Å². The number of hydrogen-bond acceptors (Lipinski definition) is 5. The summed E-state index contributed by atoms with van der Waals surface area (Å²) in [5.74, 6) is 1.50. The highest BCUT2D eigenvalue weighted by molar-refractivity contribution is 5.74. The number of carbonyl (C=O) groups excluding carboxylic acids is 1. The number of anilines is 1. The molecule has 0 bridgehead atoms. The van der Waals surface area contributed by atoms with E-state index in [2.05, 4.69) is 20.0 Å². The van der Waals surface area contributed by atoms with E-state index >= 15 is 0 Å². The third-order valence-electron chi connectivity index (χ3n) is 3.61. The molecule has 0 aromatic carbocycles. The average Bonchev–Trinajstić information content (AvgIpc) is 3.09. The molecular formula is C14H19N7O. The van der Waals surface area contributed by atoms with Gasteiger partial charge in [0.25, 0.3) is 0 Å². The van der Waals surface area contributed by atoms with Gasteiger partial charge in [0.2, 0.25) is 0 Å². The topological polar surface area (TPSA) is 70.4 Å². The molecule has 1 aliphatic heterocycles. The molecule has 0 saturated carbocycles. The molecule has 22 heavy (non-hydrogen) atoms. The van der Waals surface area contributed by atoms with Crippen LogP contribution in [0, 0.1) is 0 Å². The van der Waals surface area contributed by atoms with Crippen molar-refractivity contribution in [3.63, 3.8) is 0 Å². The minimum absolute atomic E-state index is 0.0519. The fourth-order valence-electron chi connectivity index (χ4n) is 2.42. The van der Waals surface area contributed by atoms with E-state index in [1.807, 2.05) is 17.2 Å². The molecule has 0 atom stereocenters. The Morgan fingerprint density at radius 2 is 1.86 bits per heavy atom. The highest BCUT2D eigenvalue weighted by Gasteiger charge is 2.23. The van der Waals surface area contributed by atoms with Crippen LogP contribution in [0.25, 0.3) is 5.82 Å². The van der Waals surface area contributed by atoms with Gasteiger partial charge in [-0.15, -0.1) is 0 Å². The Hall–Kier alpha value is -2.64. The molecule has 0 N–H and O–H groups in total. The normalized spacial score (nSPS) is 15.0. The van der Waals surface area contributed by atoms with E-state index in [4.69, 9.17) is 0 Å². The highest BCUT2D eigenvalue weighted by atomic mass is 16.2. The SMILES string of the molecule is CN(C)C(=O)N1CCN(c2cncc(-n3cccn3)n2)CC1. The smallest absolute Gasteiger partial charge is 0.319 e. The Morgan fingerprint density at radius 3 is 2.50 bits per heavy atom. The summed E-state index contributed by atoms with van der Waals surface area (Å²) in [7, 11) is 3.54. The first kappa shape index (κ1) is 14.3. The molecule has 0 unspecified atom stereocenters. The second-order valence-corrected chi connectivity index (χ2v) is 5.34.